The van der Waals surface area contributed by atoms with Crippen molar-refractivity contribution >= 4 is 34.8 Å². The summed E-state index contributed by atoms with van der Waals surface area (Å²) in [5, 5.41) is 18.3. The summed E-state index contributed by atoms with van der Waals surface area (Å²) in [7, 11) is -3.79. The number of fused-ring (bicyclic) bond motifs is 2. The average molecular weight is 464 g/mol. The summed E-state index contributed by atoms with van der Waals surface area (Å²) in [4.78, 5) is 0. The molecular formula is C27H30NO4P. The van der Waals surface area contributed by atoms with Crippen molar-refractivity contribution in [3.63, 3.8) is 0 Å². The normalized spacial score (nSPS) is 13.2. The fourth-order valence-electron chi connectivity index (χ4n) is 4.05. The zero-order valence-electron chi connectivity index (χ0n) is 19.4. The van der Waals surface area contributed by atoms with Crippen molar-refractivity contribution < 1.29 is 18.7 Å². The van der Waals surface area contributed by atoms with Crippen LogP contribution >= 0.6 is 7.60 Å². The van der Waals surface area contributed by atoms with Crippen molar-refractivity contribution in [2.75, 3.05) is 5.32 Å². The van der Waals surface area contributed by atoms with Crippen LogP contribution in [-0.2, 0) is 13.6 Å². The second kappa shape index (κ2) is 9.56. The first-order valence-electron chi connectivity index (χ1n) is 11.2. The van der Waals surface area contributed by atoms with Gasteiger partial charge in [0, 0.05) is 11.3 Å². The summed E-state index contributed by atoms with van der Waals surface area (Å²) in [6.45, 7) is 7.30. The van der Waals surface area contributed by atoms with Crippen LogP contribution in [0.1, 0.15) is 39.0 Å². The molecule has 0 fully saturated rings. The van der Waals surface area contributed by atoms with E-state index in [0.29, 0.717) is 5.56 Å². The van der Waals surface area contributed by atoms with Gasteiger partial charge in [-0.05, 0) is 67.4 Å². The highest BCUT2D eigenvalue weighted by Crippen LogP contribution is 2.64. The number of rotatable bonds is 8. The van der Waals surface area contributed by atoms with E-state index in [-0.39, 0.29) is 18.0 Å². The molecule has 5 nitrogen and oxygen atoms in total. The molecule has 33 heavy (non-hydrogen) atoms. The van der Waals surface area contributed by atoms with Gasteiger partial charge in [-0.3, -0.25) is 4.57 Å². The summed E-state index contributed by atoms with van der Waals surface area (Å²) in [6.07, 6.45) is -0.680. The highest BCUT2D eigenvalue weighted by atomic mass is 31.2. The molecule has 0 saturated heterocycles. The van der Waals surface area contributed by atoms with Crippen molar-refractivity contribution in [3.8, 4) is 5.75 Å². The van der Waals surface area contributed by atoms with Crippen LogP contribution in [0.3, 0.4) is 0 Å². The number of phenols is 1. The van der Waals surface area contributed by atoms with Gasteiger partial charge in [-0.1, -0.05) is 60.7 Å². The van der Waals surface area contributed by atoms with Gasteiger partial charge in [-0.15, -0.1) is 0 Å². The first-order chi connectivity index (χ1) is 15.8. The number of hydrogen-bond acceptors (Lipinski definition) is 5. The minimum Gasteiger partial charge on any atom is -0.508 e. The predicted octanol–water partition coefficient (Wildman–Crippen LogP) is 7.85. The molecule has 0 heterocycles. The van der Waals surface area contributed by atoms with Gasteiger partial charge in [-0.25, -0.2) is 0 Å². The Morgan fingerprint density at radius 3 is 2.00 bits per heavy atom. The van der Waals surface area contributed by atoms with E-state index >= 15 is 0 Å². The summed E-state index contributed by atoms with van der Waals surface area (Å²) in [6, 6.07) is 25.2. The van der Waals surface area contributed by atoms with Crippen LogP contribution in [-0.4, -0.2) is 17.3 Å². The zero-order valence-corrected chi connectivity index (χ0v) is 20.3. The summed E-state index contributed by atoms with van der Waals surface area (Å²) < 4.78 is 26.4. The predicted molar refractivity (Wildman–Crippen MR) is 136 cm³/mol. The van der Waals surface area contributed by atoms with Crippen LogP contribution in [0.15, 0.2) is 78.9 Å². The number of benzene rings is 4. The second-order valence-corrected chi connectivity index (χ2v) is 10.7. The maximum Gasteiger partial charge on any atom is 0.357 e. The topological polar surface area (TPSA) is 67.8 Å². The fourth-order valence-corrected chi connectivity index (χ4v) is 6.42. The third-order valence-corrected chi connectivity index (χ3v) is 7.76. The number of phenolic OH excluding ortho intramolecular Hbond substituents is 1. The van der Waals surface area contributed by atoms with Crippen molar-refractivity contribution in [1.29, 1.82) is 0 Å². The number of nitrogens with one attached hydrogen (secondary N) is 1. The lowest BCUT2D eigenvalue weighted by molar-refractivity contribution is 0.138. The Kier molecular flexibility index (Phi) is 6.76. The zero-order chi connectivity index (χ0) is 23.6. The Morgan fingerprint density at radius 2 is 1.33 bits per heavy atom. The lowest BCUT2D eigenvalue weighted by atomic mass is 10.0. The summed E-state index contributed by atoms with van der Waals surface area (Å²) in [5.74, 6) is -0.888. The molecule has 0 aliphatic carbocycles. The molecule has 0 amide bonds. The summed E-state index contributed by atoms with van der Waals surface area (Å²) >= 11 is 0. The molecular weight excluding hydrogens is 433 g/mol. The van der Waals surface area contributed by atoms with E-state index in [9.17, 15) is 9.67 Å². The Morgan fingerprint density at radius 1 is 0.758 bits per heavy atom. The van der Waals surface area contributed by atoms with Crippen molar-refractivity contribution in [2.45, 2.75) is 45.7 Å². The standard InChI is InChI=1S/C27H30NO4P/c1-18(2)31-33(30,32-19(3)4)27(26-24-12-8-7-10-21(24)14-16-25(26)29)28-23-15-13-20-9-5-6-11-22(20)17-23/h5-19,27-29H,1-4H3/t27-/m0/s1. The van der Waals surface area contributed by atoms with Gasteiger partial charge in [0.15, 0.2) is 5.78 Å². The van der Waals surface area contributed by atoms with E-state index < -0.39 is 13.4 Å². The molecule has 172 valence electrons. The van der Waals surface area contributed by atoms with Crippen LogP contribution in [0.2, 0.25) is 0 Å². The first-order valence-corrected chi connectivity index (χ1v) is 12.8. The molecule has 4 aromatic carbocycles. The van der Waals surface area contributed by atoms with Crippen molar-refractivity contribution in [2.24, 2.45) is 0 Å². The molecule has 4 rings (SSSR count). The largest absolute Gasteiger partial charge is 0.508 e. The molecule has 4 aromatic rings. The molecule has 0 saturated carbocycles. The highest BCUT2D eigenvalue weighted by molar-refractivity contribution is 7.54. The molecule has 0 radical (unpaired) electrons. The van der Waals surface area contributed by atoms with Gasteiger partial charge in [0.2, 0.25) is 0 Å². The Labute approximate surface area is 194 Å². The summed E-state index contributed by atoms with van der Waals surface area (Å²) in [5.41, 5.74) is 1.25. The Bertz CT molecular complexity index is 1300. The van der Waals surface area contributed by atoms with E-state index in [1.54, 1.807) is 6.07 Å². The van der Waals surface area contributed by atoms with E-state index in [1.807, 2.05) is 100 Å². The second-order valence-electron chi connectivity index (χ2n) is 8.68. The van der Waals surface area contributed by atoms with Crippen LogP contribution in [0.4, 0.5) is 5.69 Å². The Hall–Kier alpha value is -2.85. The van der Waals surface area contributed by atoms with E-state index in [2.05, 4.69) is 5.32 Å². The van der Waals surface area contributed by atoms with E-state index in [4.69, 9.17) is 9.05 Å². The third kappa shape index (κ3) is 5.06. The Balaban J connectivity index is 1.92. The minimum atomic E-state index is -3.79. The first kappa shape index (κ1) is 23.3. The molecule has 1 atom stereocenters. The van der Waals surface area contributed by atoms with Crippen LogP contribution in [0.25, 0.3) is 21.5 Å². The van der Waals surface area contributed by atoms with Crippen molar-refractivity contribution in [3.05, 3.63) is 84.4 Å². The van der Waals surface area contributed by atoms with Crippen LogP contribution in [0, 0.1) is 0 Å². The number of hydrogen-bond donors (Lipinski definition) is 2. The maximum absolute atomic E-state index is 14.4. The van der Waals surface area contributed by atoms with Crippen LogP contribution < -0.4 is 5.32 Å². The van der Waals surface area contributed by atoms with Gasteiger partial charge in [-0.2, -0.15) is 0 Å². The molecule has 0 aliphatic heterocycles. The molecule has 0 spiro atoms. The number of anilines is 1. The fraction of sp³-hybridized carbons (Fsp3) is 0.259. The molecule has 0 aromatic heterocycles. The molecule has 2 N–H and O–H groups in total. The molecule has 0 aliphatic rings. The quantitative estimate of drug-likeness (QED) is 0.260. The number of aromatic hydroxyl groups is 1. The maximum atomic E-state index is 14.4. The van der Waals surface area contributed by atoms with Gasteiger partial charge >= 0.3 is 7.60 Å². The van der Waals surface area contributed by atoms with Crippen LogP contribution in [0.5, 0.6) is 5.75 Å². The third-order valence-electron chi connectivity index (χ3n) is 5.31. The van der Waals surface area contributed by atoms with Crippen molar-refractivity contribution in [1.82, 2.24) is 0 Å². The van der Waals surface area contributed by atoms with Gasteiger partial charge in [0.1, 0.15) is 5.75 Å². The van der Waals surface area contributed by atoms with Gasteiger partial charge in [0.25, 0.3) is 0 Å². The minimum absolute atomic E-state index is 0.0342. The SMILES string of the molecule is CC(C)OP(=O)(OC(C)C)[C@H](Nc1ccc2ccccc2c1)c1c(O)ccc2ccccc12. The lowest BCUT2D eigenvalue weighted by Gasteiger charge is -2.32. The average Bonchev–Trinajstić information content (AvgIpc) is 2.76. The van der Waals surface area contributed by atoms with Gasteiger partial charge < -0.3 is 19.5 Å². The molecule has 0 bridgehead atoms. The van der Waals surface area contributed by atoms with E-state index in [0.717, 1.165) is 27.2 Å². The monoisotopic (exact) mass is 463 g/mol. The highest BCUT2D eigenvalue weighted by Gasteiger charge is 2.41. The molecule has 6 heteroatoms. The van der Waals surface area contributed by atoms with E-state index in [1.165, 1.54) is 0 Å². The lowest BCUT2D eigenvalue weighted by Crippen LogP contribution is -2.19. The smallest absolute Gasteiger partial charge is 0.357 e. The molecule has 0 unspecified atom stereocenters. The van der Waals surface area contributed by atoms with Gasteiger partial charge in [0.05, 0.1) is 12.2 Å².